The van der Waals surface area contributed by atoms with Crippen LogP contribution in [-0.4, -0.2) is 25.6 Å². The molecule has 1 heterocycles. The Hall–Kier alpha value is -4.33. The number of hydrogen-bond donors (Lipinski definition) is 1. The summed E-state index contributed by atoms with van der Waals surface area (Å²) in [7, 11) is 0. The van der Waals surface area contributed by atoms with Crippen LogP contribution < -0.4 is 5.32 Å². The fraction of sp³-hybridized carbons (Fsp3) is 0.0455. The summed E-state index contributed by atoms with van der Waals surface area (Å²) in [4.78, 5) is 27.6. The van der Waals surface area contributed by atoms with E-state index in [0.29, 0.717) is 22.9 Å². The SMILES string of the molecule is O=C(Cn1nc(-c2ccc([N+](=O)[O-])cc2)nc1-c1ccccc1)Nc1ccccc1. The summed E-state index contributed by atoms with van der Waals surface area (Å²) in [6.45, 7) is -0.0287. The number of nitrogens with one attached hydrogen (secondary N) is 1. The molecule has 8 heteroatoms. The third kappa shape index (κ3) is 4.22. The van der Waals surface area contributed by atoms with Crippen molar-refractivity contribution in [2.45, 2.75) is 6.54 Å². The lowest BCUT2D eigenvalue weighted by molar-refractivity contribution is -0.384. The van der Waals surface area contributed by atoms with E-state index in [9.17, 15) is 14.9 Å². The Balaban J connectivity index is 1.66. The van der Waals surface area contributed by atoms with Gasteiger partial charge in [0, 0.05) is 28.9 Å². The first kappa shape index (κ1) is 19.0. The molecule has 0 spiro atoms. The molecule has 0 aliphatic heterocycles. The van der Waals surface area contributed by atoms with Crippen molar-refractivity contribution in [1.82, 2.24) is 14.8 Å². The van der Waals surface area contributed by atoms with Crippen LogP contribution in [0.25, 0.3) is 22.8 Å². The lowest BCUT2D eigenvalue weighted by atomic mass is 10.2. The number of para-hydroxylation sites is 1. The molecule has 0 bridgehead atoms. The summed E-state index contributed by atoms with van der Waals surface area (Å²) in [6.07, 6.45) is 0. The van der Waals surface area contributed by atoms with Crippen molar-refractivity contribution in [3.63, 3.8) is 0 Å². The van der Waals surface area contributed by atoms with Crippen LogP contribution in [0, 0.1) is 10.1 Å². The molecular formula is C22H17N5O3. The molecule has 0 aliphatic carbocycles. The van der Waals surface area contributed by atoms with Gasteiger partial charge in [0.25, 0.3) is 5.69 Å². The molecule has 1 amide bonds. The highest BCUT2D eigenvalue weighted by Crippen LogP contribution is 2.24. The largest absolute Gasteiger partial charge is 0.324 e. The number of anilines is 1. The number of benzene rings is 3. The lowest BCUT2D eigenvalue weighted by Crippen LogP contribution is -2.20. The van der Waals surface area contributed by atoms with Crippen molar-refractivity contribution in [2.75, 3.05) is 5.32 Å². The van der Waals surface area contributed by atoms with Gasteiger partial charge in [0.05, 0.1) is 4.92 Å². The number of carbonyl (C=O) groups excluding carboxylic acids is 1. The molecule has 0 saturated heterocycles. The van der Waals surface area contributed by atoms with Gasteiger partial charge < -0.3 is 5.32 Å². The van der Waals surface area contributed by atoms with Gasteiger partial charge in [-0.15, -0.1) is 5.10 Å². The van der Waals surface area contributed by atoms with Crippen LogP contribution in [0.2, 0.25) is 0 Å². The van der Waals surface area contributed by atoms with Crippen molar-refractivity contribution >= 4 is 17.3 Å². The summed E-state index contributed by atoms with van der Waals surface area (Å²) in [5, 5.41) is 18.2. The van der Waals surface area contributed by atoms with Crippen LogP contribution in [0.1, 0.15) is 0 Å². The highest BCUT2D eigenvalue weighted by Gasteiger charge is 2.17. The normalized spacial score (nSPS) is 10.5. The quantitative estimate of drug-likeness (QED) is 0.387. The van der Waals surface area contributed by atoms with Gasteiger partial charge in [0.15, 0.2) is 11.6 Å². The number of aromatic nitrogens is 3. The Bertz CT molecular complexity index is 1170. The minimum atomic E-state index is -0.459. The lowest BCUT2D eigenvalue weighted by Gasteiger charge is -2.07. The number of hydrogen-bond acceptors (Lipinski definition) is 5. The Morgan fingerprint density at radius 3 is 2.17 bits per heavy atom. The minimum Gasteiger partial charge on any atom is -0.324 e. The van der Waals surface area contributed by atoms with E-state index in [4.69, 9.17) is 0 Å². The maximum atomic E-state index is 12.6. The van der Waals surface area contributed by atoms with Crippen molar-refractivity contribution in [3.05, 3.63) is 95.0 Å². The van der Waals surface area contributed by atoms with E-state index in [0.717, 1.165) is 5.56 Å². The second-order valence-electron chi connectivity index (χ2n) is 6.50. The summed E-state index contributed by atoms with van der Waals surface area (Å²) in [5.74, 6) is 0.682. The predicted molar refractivity (Wildman–Crippen MR) is 113 cm³/mol. The van der Waals surface area contributed by atoms with E-state index in [1.807, 2.05) is 48.5 Å². The molecule has 0 radical (unpaired) electrons. The van der Waals surface area contributed by atoms with Crippen molar-refractivity contribution in [2.24, 2.45) is 0 Å². The number of nitro groups is 1. The van der Waals surface area contributed by atoms with E-state index in [1.165, 1.54) is 16.8 Å². The van der Waals surface area contributed by atoms with E-state index < -0.39 is 4.92 Å². The Labute approximate surface area is 172 Å². The molecule has 1 aromatic heterocycles. The average Bonchev–Trinajstić information content (AvgIpc) is 3.18. The third-order valence-electron chi connectivity index (χ3n) is 4.39. The molecule has 148 valence electrons. The molecular weight excluding hydrogens is 382 g/mol. The molecule has 8 nitrogen and oxygen atoms in total. The fourth-order valence-corrected chi connectivity index (χ4v) is 2.97. The van der Waals surface area contributed by atoms with Gasteiger partial charge in [-0.3, -0.25) is 14.9 Å². The number of nitrogens with zero attached hydrogens (tertiary/aromatic N) is 4. The van der Waals surface area contributed by atoms with Crippen molar-refractivity contribution in [3.8, 4) is 22.8 Å². The molecule has 3 aromatic carbocycles. The van der Waals surface area contributed by atoms with Crippen molar-refractivity contribution < 1.29 is 9.72 Å². The number of non-ortho nitro benzene ring substituents is 1. The first-order valence-electron chi connectivity index (χ1n) is 9.20. The molecule has 4 aromatic rings. The van der Waals surface area contributed by atoms with Crippen LogP contribution in [0.5, 0.6) is 0 Å². The van der Waals surface area contributed by atoms with Gasteiger partial charge in [-0.05, 0) is 24.3 Å². The molecule has 0 saturated carbocycles. The van der Waals surface area contributed by atoms with Gasteiger partial charge in [-0.2, -0.15) is 0 Å². The van der Waals surface area contributed by atoms with E-state index >= 15 is 0 Å². The van der Waals surface area contributed by atoms with E-state index in [-0.39, 0.29) is 18.1 Å². The Morgan fingerprint density at radius 1 is 0.900 bits per heavy atom. The predicted octanol–water partition coefficient (Wildman–Crippen LogP) is 4.16. The monoisotopic (exact) mass is 399 g/mol. The van der Waals surface area contributed by atoms with Gasteiger partial charge in [-0.25, -0.2) is 9.67 Å². The van der Waals surface area contributed by atoms with Gasteiger partial charge in [-0.1, -0.05) is 48.5 Å². The zero-order valence-electron chi connectivity index (χ0n) is 15.8. The van der Waals surface area contributed by atoms with Crippen LogP contribution in [0.15, 0.2) is 84.9 Å². The summed E-state index contributed by atoms with van der Waals surface area (Å²) in [5.41, 5.74) is 2.12. The molecule has 0 unspecified atom stereocenters. The minimum absolute atomic E-state index is 0.0105. The zero-order valence-corrected chi connectivity index (χ0v) is 15.8. The summed E-state index contributed by atoms with van der Waals surface area (Å²) < 4.78 is 1.53. The third-order valence-corrected chi connectivity index (χ3v) is 4.39. The highest BCUT2D eigenvalue weighted by atomic mass is 16.6. The number of nitro benzene ring substituents is 1. The highest BCUT2D eigenvalue weighted by molar-refractivity contribution is 5.90. The molecule has 0 atom stereocenters. The second-order valence-corrected chi connectivity index (χ2v) is 6.50. The van der Waals surface area contributed by atoms with Crippen LogP contribution in [0.4, 0.5) is 11.4 Å². The number of rotatable bonds is 6. The van der Waals surface area contributed by atoms with Crippen LogP contribution in [-0.2, 0) is 11.3 Å². The van der Waals surface area contributed by atoms with Crippen LogP contribution >= 0.6 is 0 Å². The molecule has 4 rings (SSSR count). The van der Waals surface area contributed by atoms with Crippen LogP contribution in [0.3, 0.4) is 0 Å². The maximum absolute atomic E-state index is 12.6. The van der Waals surface area contributed by atoms with Crippen molar-refractivity contribution in [1.29, 1.82) is 0 Å². The first-order chi connectivity index (χ1) is 14.6. The van der Waals surface area contributed by atoms with Gasteiger partial charge in [0.2, 0.25) is 5.91 Å². The molecule has 0 fully saturated rings. The van der Waals surface area contributed by atoms with Gasteiger partial charge in [0.1, 0.15) is 6.54 Å². The van der Waals surface area contributed by atoms with E-state index in [2.05, 4.69) is 15.4 Å². The van der Waals surface area contributed by atoms with Gasteiger partial charge >= 0.3 is 0 Å². The fourth-order valence-electron chi connectivity index (χ4n) is 2.97. The molecule has 1 N–H and O–H groups in total. The smallest absolute Gasteiger partial charge is 0.269 e. The summed E-state index contributed by atoms with van der Waals surface area (Å²) in [6, 6.07) is 24.6. The zero-order chi connectivity index (χ0) is 20.9. The average molecular weight is 399 g/mol. The first-order valence-corrected chi connectivity index (χ1v) is 9.20. The Morgan fingerprint density at radius 2 is 1.53 bits per heavy atom. The molecule has 0 aliphatic rings. The molecule has 30 heavy (non-hydrogen) atoms. The topological polar surface area (TPSA) is 103 Å². The number of amides is 1. The van der Waals surface area contributed by atoms with E-state index in [1.54, 1.807) is 24.3 Å². The number of carbonyl (C=O) groups is 1. The maximum Gasteiger partial charge on any atom is 0.269 e. The standard InChI is InChI=1S/C22H17N5O3/c28-20(23-18-9-5-2-6-10-18)15-26-22(17-7-3-1-4-8-17)24-21(25-26)16-11-13-19(14-12-16)27(29)30/h1-14H,15H2,(H,23,28). The summed E-state index contributed by atoms with van der Waals surface area (Å²) >= 11 is 0. The Kier molecular flexibility index (Phi) is 5.29. The second kappa shape index (κ2) is 8.36.